The van der Waals surface area contributed by atoms with Crippen LogP contribution in [0.3, 0.4) is 0 Å². The van der Waals surface area contributed by atoms with Gasteiger partial charge in [-0.05, 0) is 12.8 Å². The molecule has 0 saturated carbocycles. The number of unbranched alkanes of at least 4 members (excludes halogenated alkanes) is 3. The van der Waals surface area contributed by atoms with Gasteiger partial charge in [-0.15, -0.1) is 0 Å². The van der Waals surface area contributed by atoms with E-state index in [1.54, 1.807) is 0 Å². The predicted molar refractivity (Wildman–Crippen MR) is 77.6 cm³/mol. The van der Waals surface area contributed by atoms with Gasteiger partial charge in [-0.25, -0.2) is 0 Å². The summed E-state index contributed by atoms with van der Waals surface area (Å²) in [7, 11) is 0. The van der Waals surface area contributed by atoms with Crippen molar-refractivity contribution in [1.29, 1.82) is 0 Å². The molecule has 0 atom stereocenters. The molecule has 0 aromatic rings. The van der Waals surface area contributed by atoms with E-state index >= 15 is 0 Å². The van der Waals surface area contributed by atoms with E-state index in [0.29, 0.717) is 13.1 Å². The molecule has 0 unspecified atom stereocenters. The van der Waals surface area contributed by atoms with Gasteiger partial charge < -0.3 is 0 Å². The average Bonchev–Trinajstić information content (AvgIpc) is 2.90. The first-order valence-corrected chi connectivity index (χ1v) is 8.51. The molecular formula is C12H16N2O4S2. The second-order valence-electron chi connectivity index (χ2n) is 4.61. The van der Waals surface area contributed by atoms with E-state index in [1.807, 2.05) is 0 Å². The Morgan fingerprint density at radius 2 is 1.10 bits per heavy atom. The second kappa shape index (κ2) is 7.12. The van der Waals surface area contributed by atoms with Crippen LogP contribution in [0.15, 0.2) is 0 Å². The Morgan fingerprint density at radius 3 is 1.40 bits per heavy atom. The van der Waals surface area contributed by atoms with Crippen molar-refractivity contribution in [3.05, 3.63) is 0 Å². The number of thioether (sulfide) groups is 2. The molecule has 0 N–H and O–H groups in total. The molecule has 0 radical (unpaired) electrons. The molecule has 2 rings (SSSR count). The van der Waals surface area contributed by atoms with E-state index in [4.69, 9.17) is 0 Å². The van der Waals surface area contributed by atoms with Crippen molar-refractivity contribution in [2.24, 2.45) is 0 Å². The van der Waals surface area contributed by atoms with Crippen molar-refractivity contribution < 1.29 is 19.2 Å². The lowest BCUT2D eigenvalue weighted by molar-refractivity contribution is -0.125. The molecule has 0 spiro atoms. The molecule has 2 saturated heterocycles. The highest BCUT2D eigenvalue weighted by molar-refractivity contribution is 8.15. The summed E-state index contributed by atoms with van der Waals surface area (Å²) in [4.78, 5) is 48.0. The lowest BCUT2D eigenvalue weighted by Crippen LogP contribution is -2.30. The molecule has 2 aliphatic rings. The van der Waals surface area contributed by atoms with Gasteiger partial charge in [0, 0.05) is 13.1 Å². The fourth-order valence-corrected chi connectivity index (χ4v) is 3.59. The summed E-state index contributed by atoms with van der Waals surface area (Å²) < 4.78 is 0. The lowest BCUT2D eigenvalue weighted by atomic mass is 10.2. The van der Waals surface area contributed by atoms with Crippen molar-refractivity contribution in [3.63, 3.8) is 0 Å². The zero-order valence-corrected chi connectivity index (χ0v) is 12.6. The Bertz CT molecular complexity index is 369. The van der Waals surface area contributed by atoms with Gasteiger partial charge in [0.2, 0.25) is 11.8 Å². The van der Waals surface area contributed by atoms with Gasteiger partial charge in [0.15, 0.2) is 0 Å². The summed E-state index contributed by atoms with van der Waals surface area (Å²) in [5, 5.41) is -0.305. The SMILES string of the molecule is O=C1CSC(=O)N1CCCCCCN1C(=O)CSC1=O. The van der Waals surface area contributed by atoms with E-state index in [2.05, 4.69) is 0 Å². The third kappa shape index (κ3) is 3.76. The fraction of sp³-hybridized carbons (Fsp3) is 0.667. The third-order valence-electron chi connectivity index (χ3n) is 3.19. The Balaban J connectivity index is 1.56. The van der Waals surface area contributed by atoms with Gasteiger partial charge in [0.1, 0.15) is 0 Å². The van der Waals surface area contributed by atoms with E-state index in [-0.39, 0.29) is 33.8 Å². The van der Waals surface area contributed by atoms with Crippen LogP contribution in [-0.4, -0.2) is 56.7 Å². The van der Waals surface area contributed by atoms with Crippen LogP contribution in [0.4, 0.5) is 9.59 Å². The van der Waals surface area contributed by atoms with E-state index in [1.165, 1.54) is 9.80 Å². The van der Waals surface area contributed by atoms with Crippen molar-refractivity contribution in [3.8, 4) is 0 Å². The maximum atomic E-state index is 11.4. The van der Waals surface area contributed by atoms with Gasteiger partial charge in [0.25, 0.3) is 10.5 Å². The molecule has 2 fully saturated rings. The molecule has 2 aliphatic heterocycles. The number of carbonyl (C=O) groups excluding carboxylic acids is 4. The molecule has 20 heavy (non-hydrogen) atoms. The number of hydrogen-bond acceptors (Lipinski definition) is 6. The van der Waals surface area contributed by atoms with Crippen molar-refractivity contribution in [2.45, 2.75) is 25.7 Å². The predicted octanol–water partition coefficient (Wildman–Crippen LogP) is 1.94. The standard InChI is InChI=1S/C12H16N2O4S2/c15-9-7-19-11(17)13(9)5-3-1-2-4-6-14-10(16)8-20-12(14)18/h1-8H2. The van der Waals surface area contributed by atoms with Crippen LogP contribution >= 0.6 is 23.5 Å². The summed E-state index contributed by atoms with van der Waals surface area (Å²) in [6.45, 7) is 0.949. The molecule has 110 valence electrons. The summed E-state index contributed by atoms with van der Waals surface area (Å²) in [5.74, 6) is 0.307. The smallest absolute Gasteiger partial charge is 0.273 e. The number of imide groups is 2. The van der Waals surface area contributed by atoms with Crippen LogP contribution in [0, 0.1) is 0 Å². The normalized spacial score (nSPS) is 19.6. The van der Waals surface area contributed by atoms with Gasteiger partial charge in [0.05, 0.1) is 11.5 Å². The number of carbonyl (C=O) groups is 4. The van der Waals surface area contributed by atoms with Crippen LogP contribution in [-0.2, 0) is 9.59 Å². The molecule has 0 aliphatic carbocycles. The zero-order chi connectivity index (χ0) is 14.5. The highest BCUT2D eigenvalue weighted by atomic mass is 32.2. The van der Waals surface area contributed by atoms with Gasteiger partial charge in [-0.1, -0.05) is 36.4 Å². The highest BCUT2D eigenvalue weighted by Gasteiger charge is 2.30. The van der Waals surface area contributed by atoms with Gasteiger partial charge in [-0.2, -0.15) is 0 Å². The molecule has 6 nitrogen and oxygen atoms in total. The maximum absolute atomic E-state index is 11.4. The number of amides is 4. The minimum absolute atomic E-state index is 0.106. The minimum atomic E-state index is -0.153. The Morgan fingerprint density at radius 1 is 0.700 bits per heavy atom. The topological polar surface area (TPSA) is 74.8 Å². The fourth-order valence-electron chi connectivity index (χ4n) is 2.09. The van der Waals surface area contributed by atoms with Crippen LogP contribution in [0.25, 0.3) is 0 Å². The maximum Gasteiger partial charge on any atom is 0.288 e. The van der Waals surface area contributed by atoms with Crippen molar-refractivity contribution >= 4 is 45.8 Å². The summed E-state index contributed by atoms with van der Waals surface area (Å²) >= 11 is 2.11. The summed E-state index contributed by atoms with van der Waals surface area (Å²) in [5.41, 5.74) is 0. The average molecular weight is 316 g/mol. The minimum Gasteiger partial charge on any atom is -0.273 e. The number of rotatable bonds is 7. The van der Waals surface area contributed by atoms with Crippen molar-refractivity contribution in [2.75, 3.05) is 24.6 Å². The first-order chi connectivity index (χ1) is 9.59. The molecular weight excluding hydrogens is 300 g/mol. The molecule has 8 heteroatoms. The summed E-state index contributed by atoms with van der Waals surface area (Å²) in [6.07, 6.45) is 3.31. The lowest BCUT2D eigenvalue weighted by Gasteiger charge is -2.13. The molecule has 0 aromatic heterocycles. The van der Waals surface area contributed by atoms with Crippen LogP contribution in [0.5, 0.6) is 0 Å². The molecule has 2 heterocycles. The second-order valence-corrected chi connectivity index (χ2v) is 6.47. The van der Waals surface area contributed by atoms with E-state index < -0.39 is 0 Å². The van der Waals surface area contributed by atoms with Crippen LogP contribution in [0.1, 0.15) is 25.7 Å². The van der Waals surface area contributed by atoms with Gasteiger partial charge >= 0.3 is 0 Å². The van der Waals surface area contributed by atoms with Gasteiger partial charge in [-0.3, -0.25) is 29.0 Å². The number of nitrogens with zero attached hydrogens (tertiary/aromatic N) is 2. The van der Waals surface area contributed by atoms with E-state index in [9.17, 15) is 19.2 Å². The third-order valence-corrected chi connectivity index (χ3v) is 4.91. The van der Waals surface area contributed by atoms with Crippen LogP contribution < -0.4 is 0 Å². The molecule has 4 amide bonds. The zero-order valence-electron chi connectivity index (χ0n) is 11.0. The van der Waals surface area contributed by atoms with Crippen molar-refractivity contribution in [1.82, 2.24) is 9.80 Å². The molecule has 0 bridgehead atoms. The summed E-state index contributed by atoms with van der Waals surface area (Å²) in [6, 6.07) is 0. The quantitative estimate of drug-likeness (QED) is 0.668. The Kier molecular flexibility index (Phi) is 5.47. The Labute approximate surface area is 125 Å². The first-order valence-electron chi connectivity index (χ1n) is 6.54. The number of hydrogen-bond donors (Lipinski definition) is 0. The largest absolute Gasteiger partial charge is 0.288 e. The molecule has 0 aromatic carbocycles. The highest BCUT2D eigenvalue weighted by Crippen LogP contribution is 2.20. The Hall–Kier alpha value is -1.02. The van der Waals surface area contributed by atoms with Crippen LogP contribution in [0.2, 0.25) is 0 Å². The monoisotopic (exact) mass is 316 g/mol. The van der Waals surface area contributed by atoms with E-state index in [0.717, 1.165) is 49.2 Å². The first kappa shape index (κ1) is 15.4.